The average Bonchev–Trinajstić information content (AvgIpc) is 2.17. The van der Waals surface area contributed by atoms with Gasteiger partial charge in [0.1, 0.15) is 5.78 Å². The predicted octanol–water partition coefficient (Wildman–Crippen LogP) is 2.45. The van der Waals surface area contributed by atoms with Crippen LogP contribution in [-0.2, 0) is 4.79 Å². The Bertz CT molecular complexity index is 219. The van der Waals surface area contributed by atoms with Crippen molar-refractivity contribution in [3.8, 4) is 0 Å². The Morgan fingerprint density at radius 2 is 1.80 bits per heavy atom. The molecule has 15 heavy (non-hydrogen) atoms. The van der Waals surface area contributed by atoms with E-state index in [4.69, 9.17) is 5.11 Å². The molecule has 2 nitrogen and oxygen atoms in total. The molecule has 1 aliphatic carbocycles. The lowest BCUT2D eigenvalue weighted by molar-refractivity contribution is -0.206. The van der Waals surface area contributed by atoms with E-state index in [0.717, 1.165) is 19.3 Å². The number of alkyl halides is 3. The summed E-state index contributed by atoms with van der Waals surface area (Å²) >= 11 is 0. The molecule has 0 aromatic rings. The van der Waals surface area contributed by atoms with Gasteiger partial charge in [0.2, 0.25) is 0 Å². The zero-order valence-electron chi connectivity index (χ0n) is 8.39. The van der Waals surface area contributed by atoms with Crippen molar-refractivity contribution in [1.29, 1.82) is 0 Å². The van der Waals surface area contributed by atoms with Crippen molar-refractivity contribution < 1.29 is 23.1 Å². The summed E-state index contributed by atoms with van der Waals surface area (Å²) in [5, 5.41) is 8.74. The summed E-state index contributed by atoms with van der Waals surface area (Å²) in [6.45, 7) is 0. The van der Waals surface area contributed by atoms with Crippen LogP contribution >= 0.6 is 0 Å². The first kappa shape index (κ1) is 12.5. The van der Waals surface area contributed by atoms with Gasteiger partial charge >= 0.3 is 6.18 Å². The number of aliphatic hydroxyl groups excluding tert-OH is 1. The van der Waals surface area contributed by atoms with Gasteiger partial charge in [0.25, 0.3) is 0 Å². The maximum absolute atomic E-state index is 12.0. The number of carbonyl (C=O) groups excluding carboxylic acids is 1. The second-order valence-corrected chi connectivity index (χ2v) is 4.06. The van der Waals surface area contributed by atoms with Crippen LogP contribution < -0.4 is 0 Å². The van der Waals surface area contributed by atoms with Gasteiger partial charge in [-0.25, -0.2) is 0 Å². The normalized spacial score (nSPS) is 21.3. The van der Waals surface area contributed by atoms with Crippen molar-refractivity contribution in [2.75, 3.05) is 0 Å². The molecular formula is C10H15F3O2. The molecule has 1 N–H and O–H groups in total. The molecular weight excluding hydrogens is 209 g/mol. The van der Waals surface area contributed by atoms with Gasteiger partial charge in [-0.15, -0.1) is 0 Å². The van der Waals surface area contributed by atoms with E-state index in [2.05, 4.69) is 0 Å². The lowest BCUT2D eigenvalue weighted by atomic mass is 9.84. The lowest BCUT2D eigenvalue weighted by Crippen LogP contribution is -2.33. The summed E-state index contributed by atoms with van der Waals surface area (Å²) in [5.41, 5.74) is 0. The zero-order valence-corrected chi connectivity index (χ0v) is 8.39. The summed E-state index contributed by atoms with van der Waals surface area (Å²) < 4.78 is 35.9. The molecule has 1 aliphatic rings. The Morgan fingerprint density at radius 1 is 1.27 bits per heavy atom. The summed E-state index contributed by atoms with van der Waals surface area (Å²) in [6.07, 6.45) is -3.76. The summed E-state index contributed by atoms with van der Waals surface area (Å²) in [7, 11) is 0. The molecule has 0 unspecified atom stereocenters. The first-order chi connectivity index (χ1) is 6.91. The quantitative estimate of drug-likeness (QED) is 0.799. The predicted molar refractivity (Wildman–Crippen MR) is 48.3 cm³/mol. The molecule has 88 valence electrons. The molecule has 0 radical (unpaired) electrons. The second kappa shape index (κ2) is 4.96. The smallest absolute Gasteiger partial charge is 0.383 e. The van der Waals surface area contributed by atoms with Gasteiger partial charge in [-0.3, -0.25) is 4.79 Å². The SMILES string of the molecule is O=C(C[C@@H](O)C(F)(F)F)C1CCCCC1. The Morgan fingerprint density at radius 3 is 2.27 bits per heavy atom. The number of rotatable bonds is 3. The van der Waals surface area contributed by atoms with E-state index < -0.39 is 24.5 Å². The van der Waals surface area contributed by atoms with Crippen molar-refractivity contribution in [2.24, 2.45) is 5.92 Å². The van der Waals surface area contributed by atoms with Crippen molar-refractivity contribution in [2.45, 2.75) is 50.8 Å². The third kappa shape index (κ3) is 3.81. The average molecular weight is 224 g/mol. The minimum Gasteiger partial charge on any atom is -0.383 e. The Hall–Kier alpha value is -0.580. The molecule has 0 aromatic carbocycles. The van der Waals surface area contributed by atoms with E-state index in [0.29, 0.717) is 12.8 Å². The Kier molecular flexibility index (Phi) is 4.13. The van der Waals surface area contributed by atoms with Crippen LogP contribution in [0.4, 0.5) is 13.2 Å². The van der Waals surface area contributed by atoms with Crippen LogP contribution in [0.2, 0.25) is 0 Å². The molecule has 0 aromatic heterocycles. The van der Waals surface area contributed by atoms with E-state index in [1.807, 2.05) is 0 Å². The third-order valence-corrected chi connectivity index (χ3v) is 2.83. The molecule has 1 rings (SSSR count). The molecule has 0 saturated heterocycles. The number of ketones is 1. The molecule has 0 heterocycles. The fraction of sp³-hybridized carbons (Fsp3) is 0.900. The lowest BCUT2D eigenvalue weighted by Gasteiger charge is -2.22. The van der Waals surface area contributed by atoms with Gasteiger partial charge in [0.15, 0.2) is 6.10 Å². The summed E-state index contributed by atoms with van der Waals surface area (Å²) in [5.74, 6) is -0.713. The van der Waals surface area contributed by atoms with Gasteiger partial charge in [-0.1, -0.05) is 19.3 Å². The van der Waals surface area contributed by atoms with Gasteiger partial charge < -0.3 is 5.11 Å². The highest BCUT2D eigenvalue weighted by molar-refractivity contribution is 5.81. The molecule has 0 amide bonds. The van der Waals surface area contributed by atoms with Gasteiger partial charge in [0.05, 0.1) is 0 Å². The largest absolute Gasteiger partial charge is 0.414 e. The molecule has 1 atom stereocenters. The number of hydrogen-bond donors (Lipinski definition) is 1. The van der Waals surface area contributed by atoms with Crippen LogP contribution in [-0.4, -0.2) is 23.2 Å². The molecule has 1 saturated carbocycles. The van der Waals surface area contributed by atoms with Crippen molar-refractivity contribution in [1.82, 2.24) is 0 Å². The highest BCUT2D eigenvalue weighted by Crippen LogP contribution is 2.28. The van der Waals surface area contributed by atoms with Crippen LogP contribution in [0, 0.1) is 5.92 Å². The van der Waals surface area contributed by atoms with Crippen molar-refractivity contribution in [3.63, 3.8) is 0 Å². The number of hydrogen-bond acceptors (Lipinski definition) is 2. The van der Waals surface area contributed by atoms with Gasteiger partial charge in [-0.2, -0.15) is 13.2 Å². The fourth-order valence-corrected chi connectivity index (χ4v) is 1.90. The highest BCUT2D eigenvalue weighted by atomic mass is 19.4. The monoisotopic (exact) mass is 224 g/mol. The second-order valence-electron chi connectivity index (χ2n) is 4.06. The van der Waals surface area contributed by atoms with Gasteiger partial charge in [-0.05, 0) is 12.8 Å². The number of aliphatic hydroxyl groups is 1. The third-order valence-electron chi connectivity index (χ3n) is 2.83. The summed E-state index contributed by atoms with van der Waals surface area (Å²) in [6, 6.07) is 0. The van der Waals surface area contributed by atoms with E-state index >= 15 is 0 Å². The standard InChI is InChI=1S/C10H15F3O2/c11-10(12,13)9(15)6-8(14)7-4-2-1-3-5-7/h7,9,15H,1-6H2/t9-/m1/s1. The van der Waals surface area contributed by atoms with E-state index in [1.54, 1.807) is 0 Å². The molecule has 1 fully saturated rings. The number of Topliss-reactive ketones (excluding diaryl/α,β-unsaturated/α-hetero) is 1. The molecule has 0 bridgehead atoms. The first-order valence-electron chi connectivity index (χ1n) is 5.18. The van der Waals surface area contributed by atoms with Crippen molar-refractivity contribution >= 4 is 5.78 Å². The maximum atomic E-state index is 12.0. The minimum absolute atomic E-state index is 0.268. The van der Waals surface area contributed by atoms with Crippen molar-refractivity contribution in [3.05, 3.63) is 0 Å². The van der Waals surface area contributed by atoms with Crippen LogP contribution in [0.15, 0.2) is 0 Å². The molecule has 0 aliphatic heterocycles. The van der Waals surface area contributed by atoms with Crippen LogP contribution in [0.5, 0.6) is 0 Å². The van der Waals surface area contributed by atoms with E-state index in [-0.39, 0.29) is 5.92 Å². The fourth-order valence-electron chi connectivity index (χ4n) is 1.90. The first-order valence-corrected chi connectivity index (χ1v) is 5.18. The minimum atomic E-state index is -4.68. The number of halogens is 3. The van der Waals surface area contributed by atoms with Crippen LogP contribution in [0.25, 0.3) is 0 Å². The topological polar surface area (TPSA) is 37.3 Å². The molecule has 0 spiro atoms. The summed E-state index contributed by atoms with van der Waals surface area (Å²) in [4.78, 5) is 11.4. The van der Waals surface area contributed by atoms with Gasteiger partial charge in [0, 0.05) is 12.3 Å². The Balaban J connectivity index is 2.40. The van der Waals surface area contributed by atoms with E-state index in [9.17, 15) is 18.0 Å². The van der Waals surface area contributed by atoms with E-state index in [1.165, 1.54) is 0 Å². The Labute approximate surface area is 86.5 Å². The zero-order chi connectivity index (χ0) is 11.5. The molecule has 5 heteroatoms. The maximum Gasteiger partial charge on any atom is 0.414 e. The highest BCUT2D eigenvalue weighted by Gasteiger charge is 2.40. The van der Waals surface area contributed by atoms with Crippen LogP contribution in [0.3, 0.4) is 0 Å². The van der Waals surface area contributed by atoms with Crippen LogP contribution in [0.1, 0.15) is 38.5 Å². The number of carbonyl (C=O) groups is 1.